The topological polar surface area (TPSA) is 228 Å². The molecule has 2 saturated heterocycles. The summed E-state index contributed by atoms with van der Waals surface area (Å²) in [6.45, 7) is 2.87. The Balaban J connectivity index is 1.58. The molecule has 2 fully saturated rings. The van der Waals surface area contributed by atoms with Crippen molar-refractivity contribution in [2.24, 2.45) is 0 Å². The van der Waals surface area contributed by atoms with Gasteiger partial charge in [-0.25, -0.2) is 0 Å². The van der Waals surface area contributed by atoms with Crippen LogP contribution in [-0.2, 0) is 23.7 Å². The quantitative estimate of drug-likeness (QED) is 0.0204. The standard InChI is InChI=1S/C82H157NO13/c1-3-5-7-9-11-13-15-17-19-21-23-25-27-29-30-31-32-33-34-35-36-37-38-39-40-42-44-46-48-50-52-54-56-58-60-62-64-66-74(87)83-70(69-93-81-79(92)77(90)80(73(68-85)95-81)96-82-78(91)76(89)75(88)72(67-84)94-82)71(86)65-63-61-59-57-55-53-51-49-47-45-43-41-28-26-24-22-20-18-16-14-12-10-8-6-4-2/h21,23,63,65,70-73,75-82,84-86,88-92H,3-20,22,24-62,64,66-69H2,1-2H3,(H,83,87)/b23-21-,65-63+. The van der Waals surface area contributed by atoms with Gasteiger partial charge in [0.25, 0.3) is 0 Å². The Hall–Kier alpha value is -1.53. The lowest BCUT2D eigenvalue weighted by molar-refractivity contribution is -0.359. The number of hydrogen-bond acceptors (Lipinski definition) is 13. The average molecular weight is 1370 g/mol. The molecule has 2 aliphatic heterocycles. The molecule has 2 aliphatic rings. The number of unbranched alkanes of at least 4 members (excludes halogenated alkanes) is 56. The number of allylic oxidation sites excluding steroid dienone is 3. The lowest BCUT2D eigenvalue weighted by atomic mass is 9.97. The van der Waals surface area contributed by atoms with Gasteiger partial charge in [0, 0.05) is 6.42 Å². The molecule has 14 nitrogen and oxygen atoms in total. The van der Waals surface area contributed by atoms with E-state index in [1.807, 2.05) is 6.08 Å². The fourth-order valence-corrected chi connectivity index (χ4v) is 14.1. The fraction of sp³-hybridized carbons (Fsp3) is 0.939. The Kier molecular flexibility index (Phi) is 62.9. The number of amides is 1. The summed E-state index contributed by atoms with van der Waals surface area (Å²) in [6, 6.07) is -0.913. The number of carbonyl (C=O) groups is 1. The number of aliphatic hydroxyl groups excluding tert-OH is 8. The summed E-state index contributed by atoms with van der Waals surface area (Å²) >= 11 is 0. The van der Waals surface area contributed by atoms with Crippen LogP contribution in [0, 0.1) is 0 Å². The summed E-state index contributed by atoms with van der Waals surface area (Å²) in [4.78, 5) is 13.4. The van der Waals surface area contributed by atoms with Crippen LogP contribution >= 0.6 is 0 Å². The van der Waals surface area contributed by atoms with Gasteiger partial charge in [0.15, 0.2) is 12.6 Å². The van der Waals surface area contributed by atoms with Crippen LogP contribution in [0.25, 0.3) is 0 Å². The average Bonchev–Trinajstić information content (AvgIpc) is 0.857. The molecular weight excluding hydrogens is 1210 g/mol. The van der Waals surface area contributed by atoms with Gasteiger partial charge in [-0.1, -0.05) is 372 Å². The van der Waals surface area contributed by atoms with Gasteiger partial charge in [0.1, 0.15) is 48.8 Å². The summed E-state index contributed by atoms with van der Waals surface area (Å²) in [5, 5.41) is 87.7. The van der Waals surface area contributed by atoms with Crippen molar-refractivity contribution in [2.45, 2.75) is 473 Å². The van der Waals surface area contributed by atoms with Gasteiger partial charge in [-0.15, -0.1) is 0 Å². The highest BCUT2D eigenvalue weighted by molar-refractivity contribution is 5.76. The Morgan fingerprint density at radius 3 is 0.990 bits per heavy atom. The van der Waals surface area contributed by atoms with Crippen molar-refractivity contribution in [1.82, 2.24) is 5.32 Å². The van der Waals surface area contributed by atoms with Crippen LogP contribution in [0.5, 0.6) is 0 Å². The van der Waals surface area contributed by atoms with E-state index in [1.54, 1.807) is 6.08 Å². The van der Waals surface area contributed by atoms with Gasteiger partial charge in [-0.3, -0.25) is 4.79 Å². The van der Waals surface area contributed by atoms with E-state index in [1.165, 1.54) is 334 Å². The molecule has 96 heavy (non-hydrogen) atoms. The van der Waals surface area contributed by atoms with E-state index in [2.05, 4.69) is 31.3 Å². The van der Waals surface area contributed by atoms with E-state index in [4.69, 9.17) is 18.9 Å². The Labute approximate surface area is 589 Å². The highest BCUT2D eigenvalue weighted by Gasteiger charge is 2.51. The van der Waals surface area contributed by atoms with E-state index in [-0.39, 0.29) is 18.9 Å². The summed E-state index contributed by atoms with van der Waals surface area (Å²) in [5.41, 5.74) is 0. The third kappa shape index (κ3) is 49.1. The predicted octanol–water partition coefficient (Wildman–Crippen LogP) is 19.0. The van der Waals surface area contributed by atoms with E-state index in [9.17, 15) is 45.6 Å². The molecule has 0 radical (unpaired) electrons. The highest BCUT2D eigenvalue weighted by atomic mass is 16.7. The van der Waals surface area contributed by atoms with Crippen molar-refractivity contribution in [1.29, 1.82) is 0 Å². The van der Waals surface area contributed by atoms with Crippen molar-refractivity contribution >= 4 is 5.91 Å². The molecule has 2 rings (SSSR count). The minimum absolute atomic E-state index is 0.229. The molecule has 12 unspecified atom stereocenters. The molecule has 9 N–H and O–H groups in total. The molecule has 1 amide bonds. The van der Waals surface area contributed by atoms with Crippen LogP contribution in [0.4, 0.5) is 0 Å². The first kappa shape index (κ1) is 90.6. The molecule has 0 bridgehead atoms. The summed E-state index contributed by atoms with van der Waals surface area (Å²) in [6.07, 6.45) is 69.9. The van der Waals surface area contributed by atoms with Crippen LogP contribution in [0.15, 0.2) is 24.3 Å². The van der Waals surface area contributed by atoms with Crippen molar-refractivity contribution in [3.63, 3.8) is 0 Å². The first-order valence-electron chi connectivity index (χ1n) is 41.6. The molecule has 0 aromatic heterocycles. The Bertz CT molecular complexity index is 1700. The van der Waals surface area contributed by atoms with Gasteiger partial charge < -0.3 is 65.1 Å². The van der Waals surface area contributed by atoms with E-state index in [0.29, 0.717) is 6.42 Å². The largest absolute Gasteiger partial charge is 0.394 e. The van der Waals surface area contributed by atoms with E-state index < -0.39 is 86.8 Å². The Morgan fingerprint density at radius 2 is 0.656 bits per heavy atom. The molecule has 0 aliphatic carbocycles. The van der Waals surface area contributed by atoms with Crippen LogP contribution in [0.1, 0.15) is 399 Å². The lowest BCUT2D eigenvalue weighted by Gasteiger charge is -2.46. The monoisotopic (exact) mass is 1360 g/mol. The zero-order valence-electron chi connectivity index (χ0n) is 62.4. The summed E-state index contributed by atoms with van der Waals surface area (Å²) < 4.78 is 22.9. The second-order valence-corrected chi connectivity index (χ2v) is 29.6. The molecule has 2 heterocycles. The van der Waals surface area contributed by atoms with Gasteiger partial charge in [-0.05, 0) is 44.9 Å². The number of hydrogen-bond donors (Lipinski definition) is 9. The van der Waals surface area contributed by atoms with Crippen LogP contribution in [0.3, 0.4) is 0 Å². The zero-order chi connectivity index (χ0) is 69.4. The van der Waals surface area contributed by atoms with Crippen molar-refractivity contribution in [2.75, 3.05) is 19.8 Å². The van der Waals surface area contributed by atoms with Crippen molar-refractivity contribution in [3.8, 4) is 0 Å². The fourth-order valence-electron chi connectivity index (χ4n) is 14.1. The molecule has 0 saturated carbocycles. The second kappa shape index (κ2) is 66.7. The first-order valence-corrected chi connectivity index (χ1v) is 41.6. The predicted molar refractivity (Wildman–Crippen MR) is 397 cm³/mol. The molecule has 568 valence electrons. The van der Waals surface area contributed by atoms with E-state index >= 15 is 0 Å². The molecular formula is C82H157NO13. The molecule has 12 atom stereocenters. The van der Waals surface area contributed by atoms with E-state index in [0.717, 1.165) is 38.5 Å². The third-order valence-corrected chi connectivity index (χ3v) is 20.6. The van der Waals surface area contributed by atoms with Gasteiger partial charge in [0.2, 0.25) is 5.91 Å². The second-order valence-electron chi connectivity index (χ2n) is 29.6. The maximum atomic E-state index is 13.4. The summed E-state index contributed by atoms with van der Waals surface area (Å²) in [7, 11) is 0. The smallest absolute Gasteiger partial charge is 0.220 e. The van der Waals surface area contributed by atoms with Gasteiger partial charge in [-0.2, -0.15) is 0 Å². The van der Waals surface area contributed by atoms with Crippen LogP contribution in [0.2, 0.25) is 0 Å². The molecule has 14 heteroatoms. The minimum atomic E-state index is -1.79. The minimum Gasteiger partial charge on any atom is -0.394 e. The number of aliphatic hydroxyl groups is 8. The maximum Gasteiger partial charge on any atom is 0.220 e. The Morgan fingerprint density at radius 1 is 0.365 bits per heavy atom. The first-order chi connectivity index (χ1) is 47.1. The van der Waals surface area contributed by atoms with Crippen molar-refractivity contribution in [3.05, 3.63) is 24.3 Å². The van der Waals surface area contributed by atoms with Crippen molar-refractivity contribution < 1.29 is 64.6 Å². The highest BCUT2D eigenvalue weighted by Crippen LogP contribution is 2.30. The zero-order valence-corrected chi connectivity index (χ0v) is 62.4. The molecule has 0 aromatic carbocycles. The van der Waals surface area contributed by atoms with Crippen LogP contribution in [-0.4, -0.2) is 140 Å². The number of ether oxygens (including phenoxy) is 4. The maximum absolute atomic E-state index is 13.4. The lowest BCUT2D eigenvalue weighted by Crippen LogP contribution is -2.65. The number of carbonyl (C=O) groups excluding carboxylic acids is 1. The number of nitrogens with one attached hydrogen (secondary N) is 1. The molecule has 0 aromatic rings. The van der Waals surface area contributed by atoms with Gasteiger partial charge >= 0.3 is 0 Å². The van der Waals surface area contributed by atoms with Crippen LogP contribution < -0.4 is 5.32 Å². The number of rotatable bonds is 71. The molecule has 0 spiro atoms. The normalized spacial score (nSPS) is 22.3. The third-order valence-electron chi connectivity index (χ3n) is 20.6. The SMILES string of the molecule is CCCCCCCCCC/C=C\CCCCCCCCCCCCCCCCCCCCCCCCCCCC(=O)NC(COC1OC(CO)C(OC2OC(CO)C(O)C(O)C2O)C(O)C1O)C(O)/C=C/CCCCCCCCCCCCCCCCCCCCCCCCC. The van der Waals surface area contributed by atoms with Gasteiger partial charge in [0.05, 0.1) is 32.0 Å². The summed E-state index contributed by atoms with van der Waals surface area (Å²) in [5.74, 6) is -0.229.